The van der Waals surface area contributed by atoms with Gasteiger partial charge in [-0.15, -0.1) is 0 Å². The molecule has 2 rings (SSSR count). The molecule has 15 heavy (non-hydrogen) atoms. The van der Waals surface area contributed by atoms with E-state index < -0.39 is 18.0 Å². The molecule has 0 heterocycles. The Bertz CT molecular complexity index is 400. The third kappa shape index (κ3) is 1.57. The lowest BCUT2D eigenvalue weighted by atomic mass is 9.80. The second-order valence-electron chi connectivity index (χ2n) is 3.77. The van der Waals surface area contributed by atoms with Crippen LogP contribution in [0.25, 0.3) is 0 Å². The molecule has 0 aliphatic heterocycles. The van der Waals surface area contributed by atoms with Crippen LogP contribution in [0.2, 0.25) is 0 Å². The van der Waals surface area contributed by atoms with Crippen molar-refractivity contribution in [3.8, 4) is 5.75 Å². The largest absolute Gasteiger partial charge is 0.508 e. The van der Waals surface area contributed by atoms with Crippen LogP contribution in [-0.2, 0) is 11.2 Å². The summed E-state index contributed by atoms with van der Waals surface area (Å²) in [5.41, 5.74) is 1.18. The Kier molecular flexibility index (Phi) is 2.36. The summed E-state index contributed by atoms with van der Waals surface area (Å²) in [6.45, 7) is 0. The van der Waals surface area contributed by atoms with Crippen LogP contribution in [0.4, 0.5) is 0 Å². The lowest BCUT2D eigenvalue weighted by molar-refractivity contribution is -0.142. The minimum atomic E-state index is -1.09. The number of aryl methyl sites for hydroxylation is 1. The number of phenols is 1. The van der Waals surface area contributed by atoms with Crippen molar-refractivity contribution < 1.29 is 20.1 Å². The SMILES string of the molecule is O=C(O)C1c2c(O)cccc2CCC1O. The summed E-state index contributed by atoms with van der Waals surface area (Å²) in [6.07, 6.45) is 0.116. The van der Waals surface area contributed by atoms with Gasteiger partial charge in [0, 0.05) is 5.56 Å². The summed E-state index contributed by atoms with van der Waals surface area (Å²) in [4.78, 5) is 11.0. The smallest absolute Gasteiger partial charge is 0.313 e. The number of aliphatic carboxylic acids is 1. The van der Waals surface area contributed by atoms with E-state index in [1.54, 1.807) is 12.1 Å². The first kappa shape index (κ1) is 9.98. The minimum Gasteiger partial charge on any atom is -0.508 e. The Morgan fingerprint density at radius 1 is 1.40 bits per heavy atom. The highest BCUT2D eigenvalue weighted by molar-refractivity contribution is 5.79. The highest BCUT2D eigenvalue weighted by atomic mass is 16.4. The predicted octanol–water partition coefficient (Wildman–Crippen LogP) is 0.867. The molecule has 0 bridgehead atoms. The van der Waals surface area contributed by atoms with E-state index in [-0.39, 0.29) is 5.75 Å². The number of fused-ring (bicyclic) bond motifs is 1. The standard InChI is InChI=1S/C11H12O4/c12-7-3-1-2-6-4-5-8(13)10(9(6)7)11(14)15/h1-3,8,10,12-13H,4-5H2,(H,14,15). The number of benzene rings is 1. The van der Waals surface area contributed by atoms with E-state index in [0.29, 0.717) is 18.4 Å². The van der Waals surface area contributed by atoms with Gasteiger partial charge in [-0.1, -0.05) is 12.1 Å². The van der Waals surface area contributed by atoms with Gasteiger partial charge < -0.3 is 15.3 Å². The van der Waals surface area contributed by atoms with Crippen molar-refractivity contribution in [3.63, 3.8) is 0 Å². The molecule has 0 fully saturated rings. The molecule has 0 aromatic heterocycles. The Labute approximate surface area is 86.8 Å². The molecular formula is C11H12O4. The van der Waals surface area contributed by atoms with Crippen molar-refractivity contribution in [3.05, 3.63) is 29.3 Å². The average Bonchev–Trinajstić information content (AvgIpc) is 2.18. The van der Waals surface area contributed by atoms with E-state index in [9.17, 15) is 15.0 Å². The zero-order valence-electron chi connectivity index (χ0n) is 8.05. The summed E-state index contributed by atoms with van der Waals surface area (Å²) in [6, 6.07) is 4.93. The number of carboxylic acid groups (broad SMARTS) is 1. The van der Waals surface area contributed by atoms with Crippen LogP contribution in [0.1, 0.15) is 23.5 Å². The molecule has 4 heteroatoms. The van der Waals surface area contributed by atoms with Crippen LogP contribution in [-0.4, -0.2) is 27.4 Å². The zero-order chi connectivity index (χ0) is 11.0. The number of hydrogen-bond acceptors (Lipinski definition) is 3. The van der Waals surface area contributed by atoms with Gasteiger partial charge >= 0.3 is 5.97 Å². The molecule has 0 amide bonds. The summed E-state index contributed by atoms with van der Waals surface area (Å²) < 4.78 is 0. The van der Waals surface area contributed by atoms with E-state index >= 15 is 0 Å². The van der Waals surface area contributed by atoms with Crippen LogP contribution in [0.3, 0.4) is 0 Å². The number of carboxylic acids is 1. The van der Waals surface area contributed by atoms with E-state index in [4.69, 9.17) is 5.11 Å². The minimum absolute atomic E-state index is 0.0429. The van der Waals surface area contributed by atoms with Crippen LogP contribution in [0.5, 0.6) is 5.75 Å². The maximum Gasteiger partial charge on any atom is 0.313 e. The molecule has 80 valence electrons. The van der Waals surface area contributed by atoms with E-state index in [0.717, 1.165) is 5.56 Å². The third-order valence-corrected chi connectivity index (χ3v) is 2.84. The monoisotopic (exact) mass is 208 g/mol. The number of aliphatic hydroxyl groups is 1. The fourth-order valence-corrected chi connectivity index (χ4v) is 2.13. The molecule has 4 nitrogen and oxygen atoms in total. The first-order valence-electron chi connectivity index (χ1n) is 4.83. The summed E-state index contributed by atoms with van der Waals surface area (Å²) in [7, 11) is 0. The number of aliphatic hydroxyl groups excluding tert-OH is 1. The maximum atomic E-state index is 11.0. The van der Waals surface area contributed by atoms with Gasteiger partial charge in [0.1, 0.15) is 11.7 Å². The van der Waals surface area contributed by atoms with Gasteiger partial charge in [-0.2, -0.15) is 0 Å². The van der Waals surface area contributed by atoms with Crippen molar-refractivity contribution in [1.29, 1.82) is 0 Å². The van der Waals surface area contributed by atoms with Crippen molar-refractivity contribution >= 4 is 5.97 Å². The molecule has 2 atom stereocenters. The van der Waals surface area contributed by atoms with Crippen molar-refractivity contribution in [1.82, 2.24) is 0 Å². The van der Waals surface area contributed by atoms with Crippen LogP contribution in [0.15, 0.2) is 18.2 Å². The van der Waals surface area contributed by atoms with Crippen LogP contribution >= 0.6 is 0 Å². The molecule has 0 saturated heterocycles. The fourth-order valence-electron chi connectivity index (χ4n) is 2.13. The van der Waals surface area contributed by atoms with Gasteiger partial charge in [-0.25, -0.2) is 0 Å². The van der Waals surface area contributed by atoms with E-state index in [2.05, 4.69) is 0 Å². The maximum absolute atomic E-state index is 11.0. The van der Waals surface area contributed by atoms with Crippen molar-refractivity contribution in [2.45, 2.75) is 24.9 Å². The van der Waals surface area contributed by atoms with Crippen LogP contribution in [0, 0.1) is 0 Å². The molecule has 0 radical (unpaired) electrons. The number of hydrogen-bond donors (Lipinski definition) is 3. The number of phenolic OH excluding ortho intramolecular Hbond substituents is 1. The van der Waals surface area contributed by atoms with Gasteiger partial charge in [0.05, 0.1) is 6.10 Å². The second kappa shape index (κ2) is 3.55. The van der Waals surface area contributed by atoms with Gasteiger partial charge in [0.25, 0.3) is 0 Å². The molecule has 1 aromatic carbocycles. The molecule has 3 N–H and O–H groups in total. The zero-order valence-corrected chi connectivity index (χ0v) is 8.05. The molecule has 2 unspecified atom stereocenters. The van der Waals surface area contributed by atoms with Gasteiger partial charge in [0.2, 0.25) is 0 Å². The van der Waals surface area contributed by atoms with E-state index in [1.165, 1.54) is 6.07 Å². The summed E-state index contributed by atoms with van der Waals surface area (Å²) >= 11 is 0. The fraction of sp³-hybridized carbons (Fsp3) is 0.364. The second-order valence-corrected chi connectivity index (χ2v) is 3.77. The van der Waals surface area contributed by atoms with Gasteiger partial charge in [-0.3, -0.25) is 4.79 Å². The lowest BCUT2D eigenvalue weighted by Gasteiger charge is -2.27. The van der Waals surface area contributed by atoms with Crippen LogP contribution < -0.4 is 0 Å². The van der Waals surface area contributed by atoms with E-state index in [1.807, 2.05) is 0 Å². The Hall–Kier alpha value is -1.55. The van der Waals surface area contributed by atoms with Gasteiger partial charge in [-0.05, 0) is 24.5 Å². The number of rotatable bonds is 1. The molecule has 0 spiro atoms. The quantitative estimate of drug-likeness (QED) is 0.639. The Morgan fingerprint density at radius 3 is 2.80 bits per heavy atom. The van der Waals surface area contributed by atoms with Crippen molar-refractivity contribution in [2.24, 2.45) is 0 Å². The first-order chi connectivity index (χ1) is 7.11. The Morgan fingerprint density at radius 2 is 2.13 bits per heavy atom. The summed E-state index contributed by atoms with van der Waals surface area (Å²) in [5.74, 6) is -2.14. The third-order valence-electron chi connectivity index (χ3n) is 2.84. The molecular weight excluding hydrogens is 196 g/mol. The summed E-state index contributed by atoms with van der Waals surface area (Å²) in [5, 5.41) is 28.2. The molecule has 1 aromatic rings. The molecule has 1 aliphatic rings. The highest BCUT2D eigenvalue weighted by Crippen LogP contribution is 2.37. The topological polar surface area (TPSA) is 77.8 Å². The number of aromatic hydroxyl groups is 1. The lowest BCUT2D eigenvalue weighted by Crippen LogP contribution is -2.31. The highest BCUT2D eigenvalue weighted by Gasteiger charge is 2.35. The normalized spacial score (nSPS) is 24.6. The first-order valence-corrected chi connectivity index (χ1v) is 4.83. The Balaban J connectivity index is 2.55. The predicted molar refractivity (Wildman–Crippen MR) is 52.8 cm³/mol. The van der Waals surface area contributed by atoms with Crippen molar-refractivity contribution in [2.75, 3.05) is 0 Å². The molecule has 1 aliphatic carbocycles. The number of carbonyl (C=O) groups is 1. The average molecular weight is 208 g/mol. The van der Waals surface area contributed by atoms with Gasteiger partial charge in [0.15, 0.2) is 0 Å². The molecule has 0 saturated carbocycles.